The summed E-state index contributed by atoms with van der Waals surface area (Å²) in [6, 6.07) is 6.96. The van der Waals surface area contributed by atoms with E-state index < -0.39 is 18.2 Å². The maximum atomic E-state index is 12.2. The van der Waals surface area contributed by atoms with Crippen molar-refractivity contribution < 1.29 is 23.9 Å². The summed E-state index contributed by atoms with van der Waals surface area (Å²) in [5.41, 5.74) is 0.612. The summed E-state index contributed by atoms with van der Waals surface area (Å²) < 4.78 is 10.7. The van der Waals surface area contributed by atoms with Crippen molar-refractivity contribution in [3.05, 3.63) is 24.3 Å². The Balaban J connectivity index is 2.11. The minimum atomic E-state index is -0.967. The van der Waals surface area contributed by atoms with Crippen LogP contribution in [0.1, 0.15) is 20.8 Å². The highest BCUT2D eigenvalue weighted by molar-refractivity contribution is 5.95. The van der Waals surface area contributed by atoms with E-state index in [1.807, 2.05) is 0 Å². The monoisotopic (exact) mass is 320 g/mol. The standard InChI is InChI=1S/C16H20N2O5/c1-4-17-15(20)10(2)22-16(21)14-9-18(11(3)19)12-7-5-6-8-13(12)23-14/h5-8,10,14H,4,9H2,1-3H3,(H,17,20)/t10-,14+/m0/s1. The van der Waals surface area contributed by atoms with Gasteiger partial charge in [-0.3, -0.25) is 9.59 Å². The van der Waals surface area contributed by atoms with Crippen LogP contribution in [0.2, 0.25) is 0 Å². The summed E-state index contributed by atoms with van der Waals surface area (Å²) in [4.78, 5) is 37.1. The Morgan fingerprint density at radius 3 is 2.74 bits per heavy atom. The Bertz CT molecular complexity index is 616. The van der Waals surface area contributed by atoms with Gasteiger partial charge in [0.05, 0.1) is 12.2 Å². The lowest BCUT2D eigenvalue weighted by Gasteiger charge is -2.33. The predicted octanol–water partition coefficient (Wildman–Crippen LogP) is 0.868. The van der Waals surface area contributed by atoms with Crippen LogP contribution >= 0.6 is 0 Å². The van der Waals surface area contributed by atoms with E-state index in [2.05, 4.69) is 5.32 Å². The molecular formula is C16H20N2O5. The maximum absolute atomic E-state index is 12.2. The number of ether oxygens (including phenoxy) is 2. The number of likely N-dealkylation sites (N-methyl/N-ethyl adjacent to an activating group) is 1. The molecule has 0 bridgehead atoms. The first-order valence-electron chi connectivity index (χ1n) is 7.46. The average molecular weight is 320 g/mol. The molecule has 1 aliphatic heterocycles. The van der Waals surface area contributed by atoms with E-state index in [1.165, 1.54) is 18.7 Å². The third-order valence-corrected chi connectivity index (χ3v) is 3.43. The minimum Gasteiger partial charge on any atom is -0.475 e. The van der Waals surface area contributed by atoms with Crippen molar-refractivity contribution in [3.8, 4) is 5.75 Å². The van der Waals surface area contributed by atoms with Crippen molar-refractivity contribution in [2.24, 2.45) is 0 Å². The molecule has 0 aromatic heterocycles. The van der Waals surface area contributed by atoms with Gasteiger partial charge in [0.1, 0.15) is 5.75 Å². The minimum absolute atomic E-state index is 0.0489. The number of carbonyl (C=O) groups excluding carboxylic acids is 3. The van der Waals surface area contributed by atoms with Crippen molar-refractivity contribution in [2.45, 2.75) is 33.0 Å². The quantitative estimate of drug-likeness (QED) is 0.832. The Morgan fingerprint density at radius 2 is 2.09 bits per heavy atom. The first-order valence-corrected chi connectivity index (χ1v) is 7.46. The summed E-state index contributed by atoms with van der Waals surface area (Å²) in [5.74, 6) is -0.818. The second-order valence-electron chi connectivity index (χ2n) is 5.18. The molecule has 1 heterocycles. The zero-order valence-corrected chi connectivity index (χ0v) is 13.4. The fraction of sp³-hybridized carbons (Fsp3) is 0.438. The summed E-state index contributed by atoms with van der Waals surface area (Å²) in [7, 11) is 0. The van der Waals surface area contributed by atoms with E-state index in [0.717, 1.165) is 0 Å². The fourth-order valence-electron chi connectivity index (χ4n) is 2.28. The molecule has 1 aromatic carbocycles. The van der Waals surface area contributed by atoms with Crippen LogP contribution in [0.15, 0.2) is 24.3 Å². The topological polar surface area (TPSA) is 84.9 Å². The molecule has 0 radical (unpaired) electrons. The number of nitrogens with zero attached hydrogens (tertiary/aromatic N) is 1. The number of amides is 2. The van der Waals surface area contributed by atoms with Crippen LogP contribution in [-0.4, -0.2) is 43.1 Å². The molecule has 1 N–H and O–H groups in total. The van der Waals surface area contributed by atoms with Crippen LogP contribution in [-0.2, 0) is 19.1 Å². The zero-order valence-electron chi connectivity index (χ0n) is 13.4. The molecule has 1 aliphatic rings. The van der Waals surface area contributed by atoms with E-state index in [0.29, 0.717) is 18.0 Å². The number of carbonyl (C=O) groups is 3. The van der Waals surface area contributed by atoms with Gasteiger partial charge in [0, 0.05) is 13.5 Å². The van der Waals surface area contributed by atoms with Gasteiger partial charge in [-0.15, -0.1) is 0 Å². The molecule has 1 aromatic rings. The largest absolute Gasteiger partial charge is 0.475 e. The first kappa shape index (κ1) is 16.8. The van der Waals surface area contributed by atoms with Gasteiger partial charge in [0.15, 0.2) is 6.10 Å². The van der Waals surface area contributed by atoms with Gasteiger partial charge in [0.2, 0.25) is 12.0 Å². The molecular weight excluding hydrogens is 300 g/mol. The molecule has 0 spiro atoms. The number of benzene rings is 1. The molecule has 0 saturated carbocycles. The highest BCUT2D eigenvalue weighted by Gasteiger charge is 2.34. The number of nitrogens with one attached hydrogen (secondary N) is 1. The van der Waals surface area contributed by atoms with Gasteiger partial charge in [-0.25, -0.2) is 4.79 Å². The predicted molar refractivity (Wildman–Crippen MR) is 83.1 cm³/mol. The van der Waals surface area contributed by atoms with Crippen LogP contribution in [0.5, 0.6) is 5.75 Å². The molecule has 0 aliphatic carbocycles. The normalized spacial score (nSPS) is 17.5. The number of hydrogen-bond acceptors (Lipinski definition) is 5. The summed E-state index contributed by atoms with van der Waals surface area (Å²) >= 11 is 0. The highest BCUT2D eigenvalue weighted by atomic mass is 16.6. The third-order valence-electron chi connectivity index (χ3n) is 3.43. The van der Waals surface area contributed by atoms with E-state index in [1.54, 1.807) is 31.2 Å². The van der Waals surface area contributed by atoms with Crippen LogP contribution in [0.3, 0.4) is 0 Å². The van der Waals surface area contributed by atoms with Gasteiger partial charge in [0.25, 0.3) is 5.91 Å². The molecule has 0 fully saturated rings. The molecule has 2 amide bonds. The van der Waals surface area contributed by atoms with Crippen LogP contribution in [0, 0.1) is 0 Å². The smallest absolute Gasteiger partial charge is 0.350 e. The summed E-state index contributed by atoms with van der Waals surface area (Å²) in [6.45, 7) is 5.18. The van der Waals surface area contributed by atoms with Gasteiger partial charge in [-0.05, 0) is 26.0 Å². The fourth-order valence-corrected chi connectivity index (χ4v) is 2.28. The molecule has 23 heavy (non-hydrogen) atoms. The summed E-state index contributed by atoms with van der Waals surface area (Å²) in [6.07, 6.45) is -1.89. The summed E-state index contributed by atoms with van der Waals surface area (Å²) in [5, 5.41) is 2.57. The van der Waals surface area contributed by atoms with E-state index in [4.69, 9.17) is 9.47 Å². The molecule has 7 heteroatoms. The van der Waals surface area contributed by atoms with Crippen molar-refractivity contribution in [2.75, 3.05) is 18.0 Å². The van der Waals surface area contributed by atoms with Crippen LogP contribution < -0.4 is 15.0 Å². The van der Waals surface area contributed by atoms with Crippen molar-refractivity contribution >= 4 is 23.5 Å². The Kier molecular flexibility index (Phi) is 5.20. The number of hydrogen-bond donors (Lipinski definition) is 1. The second kappa shape index (κ2) is 7.13. The Labute approximate surface area is 134 Å². The van der Waals surface area contributed by atoms with Crippen molar-refractivity contribution in [1.82, 2.24) is 5.32 Å². The van der Waals surface area contributed by atoms with Gasteiger partial charge < -0.3 is 19.7 Å². The molecule has 0 unspecified atom stereocenters. The molecule has 0 saturated heterocycles. The number of fused-ring (bicyclic) bond motifs is 1. The van der Waals surface area contributed by atoms with Crippen LogP contribution in [0.25, 0.3) is 0 Å². The molecule has 124 valence electrons. The van der Waals surface area contributed by atoms with Crippen LogP contribution in [0.4, 0.5) is 5.69 Å². The second-order valence-corrected chi connectivity index (χ2v) is 5.18. The highest BCUT2D eigenvalue weighted by Crippen LogP contribution is 2.33. The first-order chi connectivity index (χ1) is 10.9. The maximum Gasteiger partial charge on any atom is 0.350 e. The van der Waals surface area contributed by atoms with Gasteiger partial charge in [-0.2, -0.15) is 0 Å². The van der Waals surface area contributed by atoms with Crippen molar-refractivity contribution in [1.29, 1.82) is 0 Å². The van der Waals surface area contributed by atoms with Crippen molar-refractivity contribution in [3.63, 3.8) is 0 Å². The van der Waals surface area contributed by atoms with E-state index in [9.17, 15) is 14.4 Å². The lowest BCUT2D eigenvalue weighted by atomic mass is 10.2. The number of anilines is 1. The van der Waals surface area contributed by atoms with E-state index >= 15 is 0 Å². The molecule has 2 rings (SSSR count). The SMILES string of the molecule is CCNC(=O)[C@H](C)OC(=O)[C@H]1CN(C(C)=O)c2ccccc2O1. The molecule has 2 atom stereocenters. The Hall–Kier alpha value is -2.57. The van der Waals surface area contributed by atoms with Gasteiger partial charge in [-0.1, -0.05) is 12.1 Å². The third kappa shape index (κ3) is 3.80. The average Bonchev–Trinajstić information content (AvgIpc) is 2.53. The lowest BCUT2D eigenvalue weighted by Crippen LogP contribution is -2.48. The zero-order chi connectivity index (χ0) is 17.0. The number of rotatable bonds is 4. The van der Waals surface area contributed by atoms with Gasteiger partial charge >= 0.3 is 5.97 Å². The Morgan fingerprint density at radius 1 is 1.39 bits per heavy atom. The lowest BCUT2D eigenvalue weighted by molar-refractivity contribution is -0.161. The van der Waals surface area contributed by atoms with E-state index in [-0.39, 0.29) is 18.4 Å². The molecule has 7 nitrogen and oxygen atoms in total. The number of esters is 1. The number of para-hydroxylation sites is 2.